The molecule has 1 rings (SSSR count). The van der Waals surface area contributed by atoms with Crippen molar-refractivity contribution < 1.29 is 19.8 Å². The number of carbonyl (C=O) groups is 2. The fourth-order valence-corrected chi connectivity index (χ4v) is 5.56. The molecule has 0 amide bonds. The second kappa shape index (κ2) is 14.8. The molecule has 29 heavy (non-hydrogen) atoms. The lowest BCUT2D eigenvalue weighted by Gasteiger charge is -2.17. The first kappa shape index (κ1) is 25.9. The van der Waals surface area contributed by atoms with Crippen LogP contribution in [0.15, 0.2) is 28.0 Å². The molecule has 0 aromatic heterocycles. The van der Waals surface area contributed by atoms with Crippen LogP contribution in [0.4, 0.5) is 0 Å². The molecule has 0 aliphatic rings. The molecule has 0 fully saturated rings. The number of benzene rings is 1. The van der Waals surface area contributed by atoms with E-state index in [1.165, 1.54) is 62.0 Å². The maximum absolute atomic E-state index is 11.8. The van der Waals surface area contributed by atoms with Crippen LogP contribution >= 0.6 is 23.5 Å². The van der Waals surface area contributed by atoms with Crippen molar-refractivity contribution in [3.8, 4) is 0 Å². The van der Waals surface area contributed by atoms with Crippen molar-refractivity contribution in [3.63, 3.8) is 0 Å². The maximum atomic E-state index is 11.8. The number of carboxylic acid groups (broad SMARTS) is 2. The van der Waals surface area contributed by atoms with Crippen LogP contribution in [0.1, 0.15) is 83.6 Å². The topological polar surface area (TPSA) is 74.6 Å². The van der Waals surface area contributed by atoms with E-state index >= 15 is 0 Å². The number of unbranched alkanes of at least 4 members (excludes halogenated alkanes) is 7. The largest absolute Gasteiger partial charge is 0.481 e. The Morgan fingerprint density at radius 2 is 1.55 bits per heavy atom. The molecule has 2 N–H and O–H groups in total. The molecule has 1 aromatic carbocycles. The molecule has 164 valence electrons. The summed E-state index contributed by atoms with van der Waals surface area (Å²) in [6.45, 7) is 6.10. The first-order valence-electron chi connectivity index (χ1n) is 10.7. The van der Waals surface area contributed by atoms with Gasteiger partial charge in [-0.15, -0.1) is 23.5 Å². The third kappa shape index (κ3) is 11.6. The SMILES string of the molecule is CCCCCCCCCCC(Sc1cc(C)ccc1SC(C)CC(=O)O)C(=O)O. The molecule has 0 saturated carbocycles. The standard InChI is InChI=1S/C23H36O4S2/c1-4-5-6-7-8-9-10-11-12-20(23(26)27)29-21-15-17(2)13-14-19(21)28-18(3)16-22(24)25/h13-15,18,20H,4-12,16H2,1-3H3,(H,24,25)(H,26,27). The average Bonchev–Trinajstić information content (AvgIpc) is 2.64. The van der Waals surface area contributed by atoms with E-state index in [4.69, 9.17) is 5.11 Å². The first-order valence-corrected chi connectivity index (χ1v) is 12.5. The summed E-state index contributed by atoms with van der Waals surface area (Å²) in [6.07, 6.45) is 10.3. The smallest absolute Gasteiger partial charge is 0.316 e. The summed E-state index contributed by atoms with van der Waals surface area (Å²) in [5.41, 5.74) is 1.08. The Bertz CT molecular complexity index is 633. The van der Waals surface area contributed by atoms with Crippen molar-refractivity contribution in [3.05, 3.63) is 23.8 Å². The number of hydrogen-bond acceptors (Lipinski definition) is 4. The monoisotopic (exact) mass is 440 g/mol. The molecule has 0 spiro atoms. The zero-order chi connectivity index (χ0) is 21.6. The van der Waals surface area contributed by atoms with Gasteiger partial charge in [0.2, 0.25) is 0 Å². The van der Waals surface area contributed by atoms with E-state index < -0.39 is 17.2 Å². The molecule has 0 aliphatic heterocycles. The number of rotatable bonds is 16. The summed E-state index contributed by atoms with van der Waals surface area (Å²) in [6, 6.07) is 5.99. The molecule has 2 unspecified atom stereocenters. The Morgan fingerprint density at radius 3 is 2.14 bits per heavy atom. The maximum Gasteiger partial charge on any atom is 0.316 e. The van der Waals surface area contributed by atoms with E-state index in [9.17, 15) is 14.7 Å². The third-order valence-electron chi connectivity index (χ3n) is 4.75. The highest BCUT2D eigenvalue weighted by atomic mass is 32.2. The van der Waals surface area contributed by atoms with E-state index in [0.29, 0.717) is 6.42 Å². The van der Waals surface area contributed by atoms with Gasteiger partial charge < -0.3 is 10.2 Å². The predicted octanol–water partition coefficient (Wildman–Crippen LogP) is 7.03. The number of aryl methyl sites for hydroxylation is 1. The number of hydrogen-bond donors (Lipinski definition) is 2. The van der Waals surface area contributed by atoms with Crippen LogP contribution in [-0.2, 0) is 9.59 Å². The third-order valence-corrected chi connectivity index (χ3v) is 7.38. The van der Waals surface area contributed by atoms with Gasteiger partial charge in [-0.1, -0.05) is 71.3 Å². The van der Waals surface area contributed by atoms with E-state index in [2.05, 4.69) is 6.92 Å². The van der Waals surface area contributed by atoms with Crippen LogP contribution in [-0.4, -0.2) is 32.7 Å². The minimum atomic E-state index is -0.815. The second-order valence-corrected chi connectivity index (χ2v) is 10.4. The van der Waals surface area contributed by atoms with Gasteiger partial charge in [-0.2, -0.15) is 0 Å². The van der Waals surface area contributed by atoms with Gasteiger partial charge >= 0.3 is 11.9 Å². The van der Waals surface area contributed by atoms with Gasteiger partial charge in [0.25, 0.3) is 0 Å². The van der Waals surface area contributed by atoms with Crippen molar-refractivity contribution in [2.45, 2.75) is 105 Å². The summed E-state index contributed by atoms with van der Waals surface area (Å²) in [5.74, 6) is -1.58. The second-order valence-electron chi connectivity index (χ2n) is 7.68. The van der Waals surface area contributed by atoms with Gasteiger partial charge in [-0.25, -0.2) is 0 Å². The van der Waals surface area contributed by atoms with Gasteiger partial charge in [0.05, 0.1) is 6.42 Å². The summed E-state index contributed by atoms with van der Waals surface area (Å²) in [5, 5.41) is 18.2. The van der Waals surface area contributed by atoms with Gasteiger partial charge in [-0.05, 0) is 31.0 Å². The molecule has 0 bridgehead atoms. The van der Waals surface area contributed by atoms with E-state index in [0.717, 1.165) is 28.2 Å². The first-order chi connectivity index (χ1) is 13.8. The number of aliphatic carboxylic acids is 2. The van der Waals surface area contributed by atoms with Crippen LogP contribution in [0.3, 0.4) is 0 Å². The molecule has 0 radical (unpaired) electrons. The lowest BCUT2D eigenvalue weighted by Crippen LogP contribution is -2.16. The van der Waals surface area contributed by atoms with Gasteiger partial charge in [0.1, 0.15) is 5.25 Å². The molecule has 1 aromatic rings. The summed E-state index contributed by atoms with van der Waals surface area (Å²) < 4.78 is 0. The summed E-state index contributed by atoms with van der Waals surface area (Å²) >= 11 is 2.91. The summed E-state index contributed by atoms with van der Waals surface area (Å²) in [7, 11) is 0. The lowest BCUT2D eigenvalue weighted by molar-refractivity contribution is -0.137. The van der Waals surface area contributed by atoms with Crippen LogP contribution in [0.5, 0.6) is 0 Å². The van der Waals surface area contributed by atoms with E-state index in [1.807, 2.05) is 32.0 Å². The minimum absolute atomic E-state index is 0.0643. The van der Waals surface area contributed by atoms with Gasteiger partial charge in [0.15, 0.2) is 0 Å². The average molecular weight is 441 g/mol. The van der Waals surface area contributed by atoms with Crippen molar-refractivity contribution in [2.24, 2.45) is 0 Å². The molecular weight excluding hydrogens is 404 g/mol. The highest BCUT2D eigenvalue weighted by Crippen LogP contribution is 2.38. The van der Waals surface area contributed by atoms with Crippen LogP contribution < -0.4 is 0 Å². The van der Waals surface area contributed by atoms with E-state index in [-0.39, 0.29) is 11.7 Å². The fourth-order valence-electron chi connectivity index (χ4n) is 3.16. The highest BCUT2D eigenvalue weighted by molar-refractivity contribution is 8.03. The van der Waals surface area contributed by atoms with Crippen LogP contribution in [0.2, 0.25) is 0 Å². The zero-order valence-electron chi connectivity index (χ0n) is 18.0. The molecular formula is C23H36O4S2. The molecule has 0 saturated heterocycles. The minimum Gasteiger partial charge on any atom is -0.481 e. The van der Waals surface area contributed by atoms with Crippen molar-refractivity contribution in [1.82, 2.24) is 0 Å². The van der Waals surface area contributed by atoms with Crippen LogP contribution in [0, 0.1) is 6.92 Å². The van der Waals surface area contributed by atoms with Crippen molar-refractivity contribution in [1.29, 1.82) is 0 Å². The Labute approximate surface area is 184 Å². The number of thioether (sulfide) groups is 2. The quantitative estimate of drug-likeness (QED) is 0.212. The zero-order valence-corrected chi connectivity index (χ0v) is 19.6. The lowest BCUT2D eigenvalue weighted by atomic mass is 10.1. The molecule has 0 heterocycles. The van der Waals surface area contributed by atoms with Gasteiger partial charge in [-0.3, -0.25) is 9.59 Å². The molecule has 0 aliphatic carbocycles. The van der Waals surface area contributed by atoms with Crippen LogP contribution in [0.25, 0.3) is 0 Å². The van der Waals surface area contributed by atoms with E-state index in [1.54, 1.807) is 0 Å². The van der Waals surface area contributed by atoms with Crippen molar-refractivity contribution >= 4 is 35.5 Å². The Kier molecular flexibility index (Phi) is 13.2. The number of carboxylic acids is 2. The highest BCUT2D eigenvalue weighted by Gasteiger charge is 2.21. The predicted molar refractivity (Wildman–Crippen MR) is 123 cm³/mol. The Hall–Kier alpha value is -1.14. The normalized spacial score (nSPS) is 13.2. The fraction of sp³-hybridized carbons (Fsp3) is 0.652. The van der Waals surface area contributed by atoms with Gasteiger partial charge in [0, 0.05) is 15.0 Å². The molecule has 6 heteroatoms. The summed E-state index contributed by atoms with van der Waals surface area (Å²) in [4.78, 5) is 24.7. The Morgan fingerprint density at radius 1 is 0.931 bits per heavy atom. The van der Waals surface area contributed by atoms with Crippen molar-refractivity contribution in [2.75, 3.05) is 0 Å². The molecule has 2 atom stereocenters. The molecule has 4 nitrogen and oxygen atoms in total. The Balaban J connectivity index is 2.60.